The molecule has 106 valence electrons. The van der Waals surface area contributed by atoms with Crippen molar-refractivity contribution in [3.63, 3.8) is 0 Å². The lowest BCUT2D eigenvalue weighted by Gasteiger charge is -2.19. The lowest BCUT2D eigenvalue weighted by atomic mass is 10.0. The van der Waals surface area contributed by atoms with Gasteiger partial charge in [0.25, 0.3) is 0 Å². The standard InChI is InChI=1S/C13H19Cl2N3O/c1-7(10-8(2)17-18(5)9(10)3)16-11(19)12(4)6-13(12,14)15/h7H,6H2,1-5H3,(H,16,19). The van der Waals surface area contributed by atoms with E-state index in [2.05, 4.69) is 10.4 Å². The lowest BCUT2D eigenvalue weighted by Crippen LogP contribution is -2.35. The molecule has 0 radical (unpaired) electrons. The van der Waals surface area contributed by atoms with Crippen molar-refractivity contribution in [1.82, 2.24) is 15.1 Å². The van der Waals surface area contributed by atoms with Crippen LogP contribution in [0.4, 0.5) is 0 Å². The van der Waals surface area contributed by atoms with Gasteiger partial charge in [0, 0.05) is 18.3 Å². The molecule has 6 heteroatoms. The third kappa shape index (κ3) is 2.25. The van der Waals surface area contributed by atoms with E-state index in [9.17, 15) is 4.79 Å². The number of alkyl halides is 2. The Hall–Kier alpha value is -0.740. The van der Waals surface area contributed by atoms with Gasteiger partial charge in [-0.1, -0.05) is 0 Å². The van der Waals surface area contributed by atoms with Crippen LogP contribution in [-0.4, -0.2) is 20.0 Å². The fourth-order valence-electron chi connectivity index (χ4n) is 2.49. The number of nitrogens with zero attached hydrogens (tertiary/aromatic N) is 2. The molecule has 1 amide bonds. The van der Waals surface area contributed by atoms with Gasteiger partial charge in [0.05, 0.1) is 17.2 Å². The van der Waals surface area contributed by atoms with Gasteiger partial charge in [-0.25, -0.2) is 0 Å². The van der Waals surface area contributed by atoms with Gasteiger partial charge in [-0.3, -0.25) is 9.48 Å². The highest BCUT2D eigenvalue weighted by Crippen LogP contribution is 2.63. The molecule has 0 spiro atoms. The smallest absolute Gasteiger partial charge is 0.229 e. The van der Waals surface area contributed by atoms with Crippen molar-refractivity contribution in [2.75, 3.05) is 0 Å². The molecule has 1 aromatic rings. The summed E-state index contributed by atoms with van der Waals surface area (Å²) in [6.45, 7) is 7.67. The normalized spacial score (nSPS) is 26.1. The monoisotopic (exact) mass is 303 g/mol. The third-order valence-electron chi connectivity index (χ3n) is 4.10. The highest BCUT2D eigenvalue weighted by Gasteiger charge is 2.68. The number of nitrogens with one attached hydrogen (secondary N) is 1. The number of hydrogen-bond donors (Lipinski definition) is 1. The lowest BCUT2D eigenvalue weighted by molar-refractivity contribution is -0.126. The van der Waals surface area contributed by atoms with Crippen molar-refractivity contribution in [1.29, 1.82) is 0 Å². The van der Waals surface area contributed by atoms with E-state index in [0.29, 0.717) is 6.42 Å². The first-order chi connectivity index (χ1) is 8.60. The van der Waals surface area contributed by atoms with E-state index in [1.807, 2.05) is 32.5 Å². The van der Waals surface area contributed by atoms with Gasteiger partial charge in [0.2, 0.25) is 5.91 Å². The Balaban J connectivity index is 2.14. The highest BCUT2D eigenvalue weighted by molar-refractivity contribution is 6.53. The van der Waals surface area contributed by atoms with Crippen molar-refractivity contribution in [3.05, 3.63) is 17.0 Å². The second-order valence-corrected chi connectivity index (χ2v) is 7.10. The molecule has 1 fully saturated rings. The zero-order chi connectivity index (χ0) is 14.6. The molecular formula is C13H19Cl2N3O. The van der Waals surface area contributed by atoms with Gasteiger partial charge in [0.1, 0.15) is 4.33 Å². The molecule has 2 rings (SSSR count). The molecule has 1 heterocycles. The molecule has 1 aliphatic rings. The maximum absolute atomic E-state index is 12.2. The van der Waals surface area contributed by atoms with Crippen molar-refractivity contribution in [2.24, 2.45) is 12.5 Å². The molecule has 2 atom stereocenters. The first kappa shape index (κ1) is 14.7. The predicted octanol–water partition coefficient (Wildman–Crippen LogP) is 2.80. The Morgan fingerprint density at radius 1 is 1.47 bits per heavy atom. The Kier molecular flexibility index (Phi) is 3.38. The Morgan fingerprint density at radius 2 is 2.00 bits per heavy atom. The predicted molar refractivity (Wildman–Crippen MR) is 76.4 cm³/mol. The maximum Gasteiger partial charge on any atom is 0.229 e. The quantitative estimate of drug-likeness (QED) is 0.873. The SMILES string of the molecule is Cc1nn(C)c(C)c1C(C)NC(=O)C1(C)CC1(Cl)Cl. The van der Waals surface area contributed by atoms with Crippen LogP contribution in [0.2, 0.25) is 0 Å². The molecule has 0 bridgehead atoms. The van der Waals surface area contributed by atoms with E-state index in [1.165, 1.54) is 0 Å². The second kappa shape index (κ2) is 4.38. The van der Waals surface area contributed by atoms with E-state index in [4.69, 9.17) is 23.2 Å². The fourth-order valence-corrected chi connectivity index (χ4v) is 3.20. The van der Waals surface area contributed by atoms with Crippen LogP contribution >= 0.6 is 23.2 Å². The fraction of sp³-hybridized carbons (Fsp3) is 0.692. The molecule has 1 aliphatic carbocycles. The van der Waals surface area contributed by atoms with Crippen molar-refractivity contribution in [2.45, 2.75) is 44.5 Å². The number of hydrogen-bond acceptors (Lipinski definition) is 2. The molecule has 2 unspecified atom stereocenters. The maximum atomic E-state index is 12.2. The summed E-state index contributed by atoms with van der Waals surface area (Å²) < 4.78 is 0.884. The van der Waals surface area contributed by atoms with Crippen molar-refractivity contribution >= 4 is 29.1 Å². The number of carbonyl (C=O) groups is 1. The van der Waals surface area contributed by atoms with Crippen LogP contribution in [0.1, 0.15) is 43.3 Å². The highest BCUT2D eigenvalue weighted by atomic mass is 35.5. The van der Waals surface area contributed by atoms with Gasteiger partial charge in [-0.05, 0) is 34.1 Å². The molecule has 0 saturated heterocycles. The topological polar surface area (TPSA) is 46.9 Å². The van der Waals surface area contributed by atoms with Crippen LogP contribution in [0, 0.1) is 19.3 Å². The van der Waals surface area contributed by atoms with Crippen LogP contribution in [0.3, 0.4) is 0 Å². The summed E-state index contributed by atoms with van der Waals surface area (Å²) in [5.74, 6) is -0.104. The summed E-state index contributed by atoms with van der Waals surface area (Å²) in [4.78, 5) is 12.2. The van der Waals surface area contributed by atoms with E-state index < -0.39 is 9.75 Å². The van der Waals surface area contributed by atoms with Crippen molar-refractivity contribution < 1.29 is 4.79 Å². The largest absolute Gasteiger partial charge is 0.349 e. The number of amides is 1. The van der Waals surface area contributed by atoms with Crippen LogP contribution in [-0.2, 0) is 11.8 Å². The van der Waals surface area contributed by atoms with E-state index in [0.717, 1.165) is 17.0 Å². The molecule has 1 aromatic heterocycles. The van der Waals surface area contributed by atoms with Crippen LogP contribution in [0.5, 0.6) is 0 Å². The second-order valence-electron chi connectivity index (χ2n) is 5.62. The molecule has 1 N–H and O–H groups in total. The first-order valence-electron chi connectivity index (χ1n) is 6.29. The minimum atomic E-state index is -0.935. The van der Waals surface area contributed by atoms with Crippen LogP contribution in [0.15, 0.2) is 0 Å². The van der Waals surface area contributed by atoms with Gasteiger partial charge in [0.15, 0.2) is 0 Å². The number of aromatic nitrogens is 2. The molecule has 19 heavy (non-hydrogen) atoms. The number of rotatable bonds is 3. The zero-order valence-electron chi connectivity index (χ0n) is 11.8. The number of aryl methyl sites for hydroxylation is 2. The molecule has 0 aromatic carbocycles. The van der Waals surface area contributed by atoms with E-state index in [1.54, 1.807) is 6.92 Å². The zero-order valence-corrected chi connectivity index (χ0v) is 13.4. The first-order valence-corrected chi connectivity index (χ1v) is 7.04. The summed E-state index contributed by atoms with van der Waals surface area (Å²) in [5, 5.41) is 7.35. The van der Waals surface area contributed by atoms with E-state index in [-0.39, 0.29) is 11.9 Å². The third-order valence-corrected chi connectivity index (χ3v) is 5.21. The summed E-state index contributed by atoms with van der Waals surface area (Å²) in [6, 6.07) is -0.109. The van der Waals surface area contributed by atoms with E-state index >= 15 is 0 Å². The van der Waals surface area contributed by atoms with Crippen LogP contribution in [0.25, 0.3) is 0 Å². The van der Waals surface area contributed by atoms with Crippen molar-refractivity contribution in [3.8, 4) is 0 Å². The average molecular weight is 304 g/mol. The van der Waals surface area contributed by atoms with Gasteiger partial charge in [-0.2, -0.15) is 5.10 Å². The Labute approximate surface area is 123 Å². The Bertz CT molecular complexity index is 538. The molecule has 1 saturated carbocycles. The molecule has 4 nitrogen and oxygen atoms in total. The molecule has 0 aliphatic heterocycles. The van der Waals surface area contributed by atoms with Gasteiger partial charge < -0.3 is 5.32 Å². The minimum Gasteiger partial charge on any atom is -0.349 e. The average Bonchev–Trinajstić information content (AvgIpc) is 2.67. The summed E-state index contributed by atoms with van der Waals surface area (Å²) in [5.41, 5.74) is 2.34. The summed E-state index contributed by atoms with van der Waals surface area (Å²) >= 11 is 12.1. The van der Waals surface area contributed by atoms with Crippen LogP contribution < -0.4 is 5.32 Å². The minimum absolute atomic E-state index is 0.104. The Morgan fingerprint density at radius 3 is 2.37 bits per heavy atom. The van der Waals surface area contributed by atoms with Gasteiger partial charge >= 0.3 is 0 Å². The molecular weight excluding hydrogens is 285 g/mol. The number of carbonyl (C=O) groups excluding carboxylic acids is 1. The number of halogens is 2. The summed E-state index contributed by atoms with van der Waals surface area (Å²) in [6.07, 6.45) is 0.493. The summed E-state index contributed by atoms with van der Waals surface area (Å²) in [7, 11) is 1.89. The van der Waals surface area contributed by atoms with Gasteiger partial charge in [-0.15, -0.1) is 23.2 Å².